The molecule has 1 aromatic rings. The number of carboxylic acids is 1. The fourth-order valence-electron chi connectivity index (χ4n) is 3.18. The van der Waals surface area contributed by atoms with Gasteiger partial charge in [-0.3, -0.25) is 4.79 Å². The summed E-state index contributed by atoms with van der Waals surface area (Å²) in [5, 5.41) is 9.26. The molecular weight excluding hydrogens is 290 g/mol. The van der Waals surface area contributed by atoms with Crippen LogP contribution in [0.15, 0.2) is 24.3 Å². The van der Waals surface area contributed by atoms with Crippen LogP contribution in [-0.2, 0) is 11.2 Å². The molecule has 2 rings (SSSR count). The lowest BCUT2D eigenvalue weighted by Crippen LogP contribution is -2.39. The Labute approximate surface area is 138 Å². The van der Waals surface area contributed by atoms with Crippen LogP contribution in [0, 0.1) is 11.8 Å². The summed E-state index contributed by atoms with van der Waals surface area (Å²) >= 11 is 0. The Morgan fingerprint density at radius 3 is 2.52 bits per heavy atom. The molecule has 1 heterocycles. The van der Waals surface area contributed by atoms with Crippen LogP contribution in [-0.4, -0.2) is 35.0 Å². The Morgan fingerprint density at radius 2 is 1.91 bits per heavy atom. The molecule has 4 heteroatoms. The number of carbonyl (C=O) groups excluding carboxylic acids is 1. The summed E-state index contributed by atoms with van der Waals surface area (Å²) in [5.74, 6) is 0.316. The highest BCUT2D eigenvalue weighted by Gasteiger charge is 2.24. The van der Waals surface area contributed by atoms with Gasteiger partial charge in [-0.05, 0) is 42.7 Å². The Morgan fingerprint density at radius 1 is 1.26 bits per heavy atom. The van der Waals surface area contributed by atoms with Crippen molar-refractivity contribution in [1.82, 2.24) is 4.90 Å². The van der Waals surface area contributed by atoms with Crippen molar-refractivity contribution in [3.8, 4) is 0 Å². The number of likely N-dealkylation sites (tertiary alicyclic amines) is 1. The molecular formula is C19H27NO3. The zero-order valence-electron chi connectivity index (χ0n) is 14.1. The minimum Gasteiger partial charge on any atom is -0.478 e. The van der Waals surface area contributed by atoms with Gasteiger partial charge in [0.15, 0.2) is 0 Å². The Kier molecular flexibility index (Phi) is 6.20. The third-order valence-electron chi connectivity index (χ3n) is 4.94. The SMILES string of the molecule is CCC(C)CC(=O)N1CCC(Cc2ccccc2C(=O)O)CC1. The molecule has 0 aliphatic carbocycles. The molecule has 4 nitrogen and oxygen atoms in total. The highest BCUT2D eigenvalue weighted by Crippen LogP contribution is 2.24. The van der Waals surface area contributed by atoms with Crippen molar-refractivity contribution in [3.05, 3.63) is 35.4 Å². The molecule has 1 amide bonds. The molecule has 1 N–H and O–H groups in total. The smallest absolute Gasteiger partial charge is 0.335 e. The van der Waals surface area contributed by atoms with Crippen LogP contribution in [0.2, 0.25) is 0 Å². The molecule has 0 aromatic heterocycles. The normalized spacial score (nSPS) is 17.0. The minimum absolute atomic E-state index is 0.267. The number of benzene rings is 1. The van der Waals surface area contributed by atoms with Gasteiger partial charge in [0.1, 0.15) is 0 Å². The van der Waals surface area contributed by atoms with Crippen LogP contribution in [0.25, 0.3) is 0 Å². The first-order valence-corrected chi connectivity index (χ1v) is 8.60. The molecule has 1 aliphatic heterocycles. The van der Waals surface area contributed by atoms with Crippen molar-refractivity contribution in [2.24, 2.45) is 11.8 Å². The average molecular weight is 317 g/mol. The molecule has 1 fully saturated rings. The van der Waals surface area contributed by atoms with Crippen LogP contribution in [0.3, 0.4) is 0 Å². The summed E-state index contributed by atoms with van der Waals surface area (Å²) in [6.07, 6.45) is 4.38. The van der Waals surface area contributed by atoms with E-state index >= 15 is 0 Å². The molecule has 0 spiro atoms. The first kappa shape index (κ1) is 17.5. The number of carboxylic acid groups (broad SMARTS) is 1. The maximum absolute atomic E-state index is 12.2. The zero-order valence-corrected chi connectivity index (χ0v) is 14.1. The van der Waals surface area contributed by atoms with Gasteiger partial charge < -0.3 is 10.0 Å². The summed E-state index contributed by atoms with van der Waals surface area (Å²) in [6.45, 7) is 5.84. The molecule has 0 saturated carbocycles. The Hall–Kier alpha value is -1.84. The lowest BCUT2D eigenvalue weighted by atomic mass is 9.88. The van der Waals surface area contributed by atoms with Gasteiger partial charge in [-0.15, -0.1) is 0 Å². The van der Waals surface area contributed by atoms with E-state index in [0.29, 0.717) is 23.8 Å². The molecule has 126 valence electrons. The van der Waals surface area contributed by atoms with Gasteiger partial charge in [0.25, 0.3) is 0 Å². The predicted molar refractivity (Wildman–Crippen MR) is 90.5 cm³/mol. The van der Waals surface area contributed by atoms with Gasteiger partial charge >= 0.3 is 5.97 Å². The molecule has 1 aliphatic rings. The number of hydrogen-bond donors (Lipinski definition) is 1. The van der Waals surface area contributed by atoms with Crippen molar-refractivity contribution in [2.75, 3.05) is 13.1 Å². The third-order valence-corrected chi connectivity index (χ3v) is 4.94. The molecule has 1 aromatic carbocycles. The summed E-state index contributed by atoms with van der Waals surface area (Å²) in [5.41, 5.74) is 1.31. The maximum atomic E-state index is 12.2. The summed E-state index contributed by atoms with van der Waals surface area (Å²) < 4.78 is 0. The van der Waals surface area contributed by atoms with Gasteiger partial charge in [0.05, 0.1) is 5.56 Å². The number of rotatable bonds is 6. The lowest BCUT2D eigenvalue weighted by Gasteiger charge is -2.33. The van der Waals surface area contributed by atoms with Crippen molar-refractivity contribution in [2.45, 2.75) is 46.0 Å². The number of amides is 1. The van der Waals surface area contributed by atoms with Gasteiger partial charge in [-0.1, -0.05) is 38.5 Å². The van der Waals surface area contributed by atoms with E-state index in [1.54, 1.807) is 12.1 Å². The van der Waals surface area contributed by atoms with E-state index in [2.05, 4.69) is 13.8 Å². The van der Waals surface area contributed by atoms with Gasteiger partial charge in [-0.25, -0.2) is 4.79 Å². The molecule has 1 unspecified atom stereocenters. The number of hydrogen-bond acceptors (Lipinski definition) is 2. The van der Waals surface area contributed by atoms with Crippen molar-refractivity contribution >= 4 is 11.9 Å². The van der Waals surface area contributed by atoms with Crippen LogP contribution in [0.5, 0.6) is 0 Å². The minimum atomic E-state index is -0.859. The first-order chi connectivity index (χ1) is 11.0. The zero-order chi connectivity index (χ0) is 16.8. The van der Waals surface area contributed by atoms with Crippen LogP contribution in [0.4, 0.5) is 0 Å². The van der Waals surface area contributed by atoms with E-state index in [-0.39, 0.29) is 5.91 Å². The van der Waals surface area contributed by atoms with Crippen molar-refractivity contribution < 1.29 is 14.7 Å². The van der Waals surface area contributed by atoms with E-state index in [9.17, 15) is 14.7 Å². The van der Waals surface area contributed by atoms with Crippen molar-refractivity contribution in [3.63, 3.8) is 0 Å². The van der Waals surface area contributed by atoms with Crippen LogP contribution in [0.1, 0.15) is 55.5 Å². The molecule has 23 heavy (non-hydrogen) atoms. The molecule has 1 atom stereocenters. The number of piperidine rings is 1. The Bertz CT molecular complexity index is 547. The third kappa shape index (κ3) is 4.81. The van der Waals surface area contributed by atoms with E-state index in [1.165, 1.54) is 0 Å². The van der Waals surface area contributed by atoms with Crippen molar-refractivity contribution in [1.29, 1.82) is 0 Å². The monoisotopic (exact) mass is 317 g/mol. The van der Waals surface area contributed by atoms with E-state index < -0.39 is 5.97 Å². The van der Waals surface area contributed by atoms with Gasteiger partial charge in [0, 0.05) is 19.5 Å². The first-order valence-electron chi connectivity index (χ1n) is 8.60. The summed E-state index contributed by atoms with van der Waals surface area (Å²) in [6, 6.07) is 7.24. The second kappa shape index (κ2) is 8.14. The summed E-state index contributed by atoms with van der Waals surface area (Å²) in [7, 11) is 0. The highest BCUT2D eigenvalue weighted by atomic mass is 16.4. The largest absolute Gasteiger partial charge is 0.478 e. The number of nitrogens with zero attached hydrogens (tertiary/aromatic N) is 1. The standard InChI is InChI=1S/C19H27NO3/c1-3-14(2)12-18(21)20-10-8-15(9-11-20)13-16-6-4-5-7-17(16)19(22)23/h4-7,14-15H,3,8-13H2,1-2H3,(H,22,23). The number of carbonyl (C=O) groups is 2. The highest BCUT2D eigenvalue weighted by molar-refractivity contribution is 5.89. The Balaban J connectivity index is 1.88. The fourth-order valence-corrected chi connectivity index (χ4v) is 3.18. The lowest BCUT2D eigenvalue weighted by molar-refractivity contribution is -0.133. The van der Waals surface area contributed by atoms with Gasteiger partial charge in [0.2, 0.25) is 5.91 Å². The number of aromatic carboxylic acids is 1. The molecule has 0 bridgehead atoms. The second-order valence-electron chi connectivity index (χ2n) is 6.71. The van der Waals surface area contributed by atoms with Gasteiger partial charge in [-0.2, -0.15) is 0 Å². The van der Waals surface area contributed by atoms with E-state index in [0.717, 1.165) is 44.3 Å². The molecule has 0 radical (unpaired) electrons. The predicted octanol–water partition coefficient (Wildman–Crippen LogP) is 3.60. The van der Waals surface area contributed by atoms with Crippen LogP contribution < -0.4 is 0 Å². The van der Waals surface area contributed by atoms with E-state index in [1.807, 2.05) is 17.0 Å². The topological polar surface area (TPSA) is 57.6 Å². The maximum Gasteiger partial charge on any atom is 0.335 e. The van der Waals surface area contributed by atoms with E-state index in [4.69, 9.17) is 0 Å². The molecule has 1 saturated heterocycles. The van der Waals surface area contributed by atoms with Crippen LogP contribution >= 0.6 is 0 Å². The summed E-state index contributed by atoms with van der Waals surface area (Å²) in [4.78, 5) is 25.5. The average Bonchev–Trinajstić information content (AvgIpc) is 2.55. The second-order valence-corrected chi connectivity index (χ2v) is 6.71. The quantitative estimate of drug-likeness (QED) is 0.872. The fraction of sp³-hybridized carbons (Fsp3) is 0.579.